The lowest BCUT2D eigenvalue weighted by atomic mass is 9.33. The number of anilines is 9. The van der Waals surface area contributed by atoms with Gasteiger partial charge in [-0.2, -0.15) is 0 Å². The fourth-order valence-corrected chi connectivity index (χ4v) is 9.74. The first kappa shape index (κ1) is 33.4. The fraction of sp³-hybridized carbons (Fsp3) is 0. The van der Waals surface area contributed by atoms with Crippen LogP contribution in [0.4, 0.5) is 51.2 Å². The van der Waals surface area contributed by atoms with Crippen LogP contribution in [0.2, 0.25) is 0 Å². The van der Waals surface area contributed by atoms with Gasteiger partial charge in [0.25, 0.3) is 6.71 Å². The summed E-state index contributed by atoms with van der Waals surface area (Å²) in [5.41, 5.74) is 17.7. The lowest BCUT2D eigenvalue weighted by Crippen LogP contribution is -2.61. The number of benzene rings is 9. The summed E-state index contributed by atoms with van der Waals surface area (Å²) in [7, 11) is 0. The van der Waals surface area contributed by atoms with Gasteiger partial charge in [0.05, 0.1) is 16.7 Å². The molecular formula is C54H37BN4. The van der Waals surface area contributed by atoms with Crippen molar-refractivity contribution in [2.45, 2.75) is 0 Å². The van der Waals surface area contributed by atoms with Gasteiger partial charge in [-0.25, -0.2) is 0 Å². The molecule has 2 aliphatic heterocycles. The molecule has 2 aliphatic rings. The van der Waals surface area contributed by atoms with Crippen molar-refractivity contribution >= 4 is 96.1 Å². The second kappa shape index (κ2) is 13.4. The molecule has 276 valence electrons. The van der Waals surface area contributed by atoms with Crippen LogP contribution in [0.1, 0.15) is 0 Å². The molecule has 0 amide bonds. The molecule has 0 unspecified atom stereocenters. The summed E-state index contributed by atoms with van der Waals surface area (Å²) >= 11 is 0. The van der Waals surface area contributed by atoms with E-state index in [4.69, 9.17) is 0 Å². The van der Waals surface area contributed by atoms with Gasteiger partial charge < -0.3 is 19.3 Å². The maximum Gasteiger partial charge on any atom is 0.252 e. The van der Waals surface area contributed by atoms with Crippen molar-refractivity contribution in [2.75, 3.05) is 14.7 Å². The number of aromatic nitrogens is 1. The van der Waals surface area contributed by atoms with E-state index >= 15 is 0 Å². The van der Waals surface area contributed by atoms with Gasteiger partial charge in [0.1, 0.15) is 0 Å². The molecule has 0 bridgehead atoms. The first-order chi connectivity index (χ1) is 29.3. The zero-order chi connectivity index (χ0) is 38.9. The summed E-state index contributed by atoms with van der Waals surface area (Å²) in [5.74, 6) is 0. The zero-order valence-corrected chi connectivity index (χ0v) is 32.2. The van der Waals surface area contributed by atoms with Crippen LogP contribution in [0.25, 0.3) is 27.5 Å². The number of fused-ring (bicyclic) bond motifs is 8. The van der Waals surface area contributed by atoms with E-state index in [1.54, 1.807) is 0 Å². The van der Waals surface area contributed by atoms with Gasteiger partial charge in [-0.1, -0.05) is 133 Å². The minimum atomic E-state index is -0.0336. The molecule has 0 saturated heterocycles. The fourth-order valence-electron chi connectivity index (χ4n) is 9.74. The molecule has 1 aromatic heterocycles. The van der Waals surface area contributed by atoms with Gasteiger partial charge >= 0.3 is 0 Å². The van der Waals surface area contributed by atoms with Crippen molar-refractivity contribution < 1.29 is 0 Å². The van der Waals surface area contributed by atoms with E-state index in [2.05, 4.69) is 244 Å². The predicted octanol–water partition coefficient (Wildman–Crippen LogP) is 12.3. The van der Waals surface area contributed by atoms with Crippen molar-refractivity contribution in [3.05, 3.63) is 224 Å². The smallest absolute Gasteiger partial charge is 0.252 e. The van der Waals surface area contributed by atoms with Crippen LogP contribution in [0, 0.1) is 0 Å². The number of hydrogen-bond acceptors (Lipinski definition) is 3. The van der Waals surface area contributed by atoms with Crippen LogP contribution >= 0.6 is 0 Å². The minimum Gasteiger partial charge on any atom is -0.311 e. The second-order valence-electron chi connectivity index (χ2n) is 15.3. The predicted molar refractivity (Wildman–Crippen MR) is 249 cm³/mol. The molecule has 0 spiro atoms. The van der Waals surface area contributed by atoms with E-state index in [0.717, 1.165) is 34.1 Å². The van der Waals surface area contributed by atoms with Gasteiger partial charge in [0.15, 0.2) is 0 Å². The Morgan fingerprint density at radius 2 is 0.881 bits per heavy atom. The van der Waals surface area contributed by atoms with Crippen molar-refractivity contribution in [3.63, 3.8) is 0 Å². The van der Waals surface area contributed by atoms with Crippen molar-refractivity contribution in [1.82, 2.24) is 4.57 Å². The molecule has 0 radical (unpaired) electrons. The monoisotopic (exact) mass is 752 g/mol. The van der Waals surface area contributed by atoms with E-state index < -0.39 is 0 Å². The van der Waals surface area contributed by atoms with E-state index in [9.17, 15) is 0 Å². The Labute approximate surface area is 344 Å². The van der Waals surface area contributed by atoms with E-state index in [0.29, 0.717) is 0 Å². The Morgan fingerprint density at radius 3 is 1.53 bits per heavy atom. The van der Waals surface area contributed by atoms with Gasteiger partial charge in [-0.3, -0.25) is 0 Å². The Morgan fingerprint density at radius 1 is 0.356 bits per heavy atom. The molecule has 0 atom stereocenters. The molecule has 0 aliphatic carbocycles. The van der Waals surface area contributed by atoms with E-state index in [1.165, 1.54) is 60.9 Å². The standard InChI is InChI=1S/C54H37BN4/c1-6-19-38(20-7-1)56(39-21-8-2-9-22-39)43-33-35-46-51(37-43)57(40-23-10-3-11-24-40)49-31-18-32-50-52(49)55(46)47-36-34-45-44-29-16-17-30-48(44)58(41-25-12-4-13-26-41)53(45)54(47)59(50)42-27-14-5-15-28-42/h1-37H. The molecular weight excluding hydrogens is 715 g/mol. The summed E-state index contributed by atoms with van der Waals surface area (Å²) < 4.78 is 2.48. The van der Waals surface area contributed by atoms with Gasteiger partial charge in [-0.15, -0.1) is 0 Å². The minimum absolute atomic E-state index is 0.0336. The summed E-state index contributed by atoms with van der Waals surface area (Å²) in [6.07, 6.45) is 0. The molecule has 9 aromatic carbocycles. The van der Waals surface area contributed by atoms with Crippen LogP contribution in [0.15, 0.2) is 224 Å². The topological polar surface area (TPSA) is 14.7 Å². The molecule has 3 heterocycles. The number of hydrogen-bond donors (Lipinski definition) is 0. The molecule has 0 N–H and O–H groups in total. The highest BCUT2D eigenvalue weighted by atomic mass is 15.2. The highest BCUT2D eigenvalue weighted by Gasteiger charge is 2.44. The Kier molecular flexibility index (Phi) is 7.60. The maximum absolute atomic E-state index is 2.53. The van der Waals surface area contributed by atoms with E-state index in [-0.39, 0.29) is 6.71 Å². The van der Waals surface area contributed by atoms with Crippen LogP contribution in [0.3, 0.4) is 0 Å². The molecule has 10 aromatic rings. The zero-order valence-electron chi connectivity index (χ0n) is 32.2. The average Bonchev–Trinajstić information content (AvgIpc) is 3.65. The largest absolute Gasteiger partial charge is 0.311 e. The van der Waals surface area contributed by atoms with Gasteiger partial charge in [0, 0.05) is 62.0 Å². The van der Waals surface area contributed by atoms with Gasteiger partial charge in [-0.05, 0) is 107 Å². The Bertz CT molecular complexity index is 3130. The Balaban J connectivity index is 1.19. The number of nitrogens with zero attached hydrogens (tertiary/aromatic N) is 4. The summed E-state index contributed by atoms with van der Waals surface area (Å²) in [6, 6.07) is 81.6. The second-order valence-corrected chi connectivity index (χ2v) is 15.3. The summed E-state index contributed by atoms with van der Waals surface area (Å²) in [4.78, 5) is 7.37. The lowest BCUT2D eigenvalue weighted by Gasteiger charge is -2.44. The third-order valence-electron chi connectivity index (χ3n) is 12.1. The molecule has 12 rings (SSSR count). The number of para-hydroxylation sites is 6. The SMILES string of the molecule is c1ccc(N(c2ccccc2)c2ccc3c(c2)N(c2ccccc2)c2cccc4c2B3c2ccc3c5ccccc5n(-c5ccccc5)c3c2N4c2ccccc2)cc1. The lowest BCUT2D eigenvalue weighted by molar-refractivity contribution is 1.17. The first-order valence-corrected chi connectivity index (χ1v) is 20.3. The molecule has 4 nitrogen and oxygen atoms in total. The summed E-state index contributed by atoms with van der Waals surface area (Å²) in [6.45, 7) is -0.0336. The third-order valence-corrected chi connectivity index (χ3v) is 12.1. The highest BCUT2D eigenvalue weighted by molar-refractivity contribution is 7.00. The van der Waals surface area contributed by atoms with E-state index in [1.807, 2.05) is 0 Å². The molecule has 0 saturated carbocycles. The van der Waals surface area contributed by atoms with Crippen LogP contribution in [-0.4, -0.2) is 11.3 Å². The highest BCUT2D eigenvalue weighted by Crippen LogP contribution is 2.48. The first-order valence-electron chi connectivity index (χ1n) is 20.3. The van der Waals surface area contributed by atoms with Crippen LogP contribution in [-0.2, 0) is 0 Å². The molecule has 5 heteroatoms. The normalized spacial score (nSPS) is 12.6. The summed E-state index contributed by atoms with van der Waals surface area (Å²) in [5, 5.41) is 2.48. The number of rotatable bonds is 6. The average molecular weight is 753 g/mol. The third kappa shape index (κ3) is 5.11. The Hall–Kier alpha value is -7.76. The molecule has 59 heavy (non-hydrogen) atoms. The van der Waals surface area contributed by atoms with Crippen molar-refractivity contribution in [2.24, 2.45) is 0 Å². The van der Waals surface area contributed by atoms with Crippen molar-refractivity contribution in [3.8, 4) is 5.69 Å². The van der Waals surface area contributed by atoms with Gasteiger partial charge in [0.2, 0.25) is 0 Å². The van der Waals surface area contributed by atoms with Crippen LogP contribution in [0.5, 0.6) is 0 Å². The maximum atomic E-state index is 2.53. The van der Waals surface area contributed by atoms with Crippen LogP contribution < -0.4 is 31.1 Å². The quantitative estimate of drug-likeness (QED) is 0.157. The van der Waals surface area contributed by atoms with Crippen molar-refractivity contribution in [1.29, 1.82) is 0 Å². The molecule has 0 fully saturated rings.